The Balaban J connectivity index is 1.72. The first-order chi connectivity index (χ1) is 13.6. The number of aryl methyl sites for hydroxylation is 1. The van der Waals surface area contributed by atoms with Crippen LogP contribution in [0.1, 0.15) is 39.5 Å². The van der Waals surface area contributed by atoms with E-state index in [1.54, 1.807) is 6.92 Å². The fourth-order valence-electron chi connectivity index (χ4n) is 4.36. The normalized spacial score (nSPS) is 34.5. The molecular formula is C21H30O8. The smallest absolute Gasteiger partial charge is 0.186 e. The van der Waals surface area contributed by atoms with Crippen LogP contribution >= 0.6 is 0 Å². The van der Waals surface area contributed by atoms with E-state index in [0.717, 1.165) is 22.3 Å². The van der Waals surface area contributed by atoms with Gasteiger partial charge in [0, 0.05) is 5.56 Å². The van der Waals surface area contributed by atoms with Crippen molar-refractivity contribution < 1.29 is 39.8 Å². The molecule has 162 valence electrons. The fraction of sp³-hybridized carbons (Fsp3) is 0.667. The number of ether oxygens (including phenoxy) is 2. The Kier molecular flexibility index (Phi) is 6.45. The van der Waals surface area contributed by atoms with Crippen molar-refractivity contribution in [2.45, 2.75) is 64.3 Å². The highest BCUT2D eigenvalue weighted by Crippen LogP contribution is 2.40. The van der Waals surface area contributed by atoms with Gasteiger partial charge in [0.15, 0.2) is 12.1 Å². The highest BCUT2D eigenvalue weighted by molar-refractivity contribution is 6.06. The monoisotopic (exact) mass is 410 g/mol. The predicted octanol–water partition coefficient (Wildman–Crippen LogP) is -0.600. The first-order valence-corrected chi connectivity index (χ1v) is 9.84. The van der Waals surface area contributed by atoms with Gasteiger partial charge >= 0.3 is 0 Å². The summed E-state index contributed by atoms with van der Waals surface area (Å²) in [6.07, 6.45) is -5.59. The van der Waals surface area contributed by atoms with E-state index in [0.29, 0.717) is 18.4 Å². The Morgan fingerprint density at radius 1 is 1.17 bits per heavy atom. The first-order valence-electron chi connectivity index (χ1n) is 9.84. The third-order valence-corrected chi connectivity index (χ3v) is 6.20. The molecule has 0 amide bonds. The summed E-state index contributed by atoms with van der Waals surface area (Å²) >= 11 is 0. The zero-order valence-electron chi connectivity index (χ0n) is 17.0. The van der Waals surface area contributed by atoms with Gasteiger partial charge in [-0.2, -0.15) is 0 Å². The van der Waals surface area contributed by atoms with Crippen LogP contribution in [0.3, 0.4) is 0 Å². The summed E-state index contributed by atoms with van der Waals surface area (Å²) in [6, 6.07) is 1.98. The summed E-state index contributed by atoms with van der Waals surface area (Å²) < 4.78 is 10.9. The maximum atomic E-state index is 12.8. The lowest BCUT2D eigenvalue weighted by atomic mass is 9.86. The van der Waals surface area contributed by atoms with Crippen LogP contribution in [0.5, 0.6) is 0 Å². The third kappa shape index (κ3) is 3.86. The molecule has 29 heavy (non-hydrogen) atoms. The Morgan fingerprint density at radius 2 is 1.86 bits per heavy atom. The number of aliphatic hydroxyl groups is 5. The molecule has 1 aliphatic carbocycles. The maximum absolute atomic E-state index is 12.8. The van der Waals surface area contributed by atoms with Crippen LogP contribution in [0, 0.1) is 19.3 Å². The highest BCUT2D eigenvalue weighted by Gasteiger charge is 2.44. The van der Waals surface area contributed by atoms with E-state index in [-0.39, 0.29) is 19.0 Å². The predicted molar refractivity (Wildman–Crippen MR) is 103 cm³/mol. The standard InChI is InChI=1S/C21H30O8/c1-10-6-12-7-21(3,9-23)19(27)15(12)11(2)13(10)4-5-28-20-18(26)17(25)16(24)14(8-22)29-20/h6,14,16-18,20,22-26H,4-5,7-9H2,1-3H3/t14-,16-,17-,18+,20-,21-/m0/s1. The van der Waals surface area contributed by atoms with Crippen LogP contribution in [0.25, 0.3) is 0 Å². The maximum Gasteiger partial charge on any atom is 0.186 e. The van der Waals surface area contributed by atoms with Gasteiger partial charge in [0.2, 0.25) is 0 Å². The first kappa shape index (κ1) is 22.3. The van der Waals surface area contributed by atoms with Gasteiger partial charge in [0.05, 0.1) is 25.2 Å². The average Bonchev–Trinajstić information content (AvgIpc) is 2.94. The van der Waals surface area contributed by atoms with Gasteiger partial charge in [-0.25, -0.2) is 0 Å². The molecule has 1 saturated heterocycles. The van der Waals surface area contributed by atoms with Crippen molar-refractivity contribution in [2.24, 2.45) is 5.41 Å². The Morgan fingerprint density at radius 3 is 2.48 bits per heavy atom. The van der Waals surface area contributed by atoms with Gasteiger partial charge in [-0.3, -0.25) is 4.79 Å². The molecule has 1 aromatic carbocycles. The Labute approximate surface area is 169 Å². The zero-order chi connectivity index (χ0) is 21.5. The largest absolute Gasteiger partial charge is 0.395 e. The van der Waals surface area contributed by atoms with Crippen LogP contribution in [-0.2, 0) is 22.3 Å². The van der Waals surface area contributed by atoms with E-state index in [1.165, 1.54) is 0 Å². The van der Waals surface area contributed by atoms with Crippen LogP contribution < -0.4 is 0 Å². The van der Waals surface area contributed by atoms with Crippen molar-refractivity contribution in [3.05, 3.63) is 33.9 Å². The molecule has 1 heterocycles. The molecule has 0 saturated carbocycles. The van der Waals surface area contributed by atoms with E-state index in [1.807, 2.05) is 19.9 Å². The number of hydrogen-bond acceptors (Lipinski definition) is 8. The Bertz CT molecular complexity index is 776. The summed E-state index contributed by atoms with van der Waals surface area (Å²) in [5.74, 6) is -0.0522. The van der Waals surface area contributed by atoms with Crippen molar-refractivity contribution in [3.8, 4) is 0 Å². The summed E-state index contributed by atoms with van der Waals surface area (Å²) in [6.45, 7) is 5.04. The molecule has 0 radical (unpaired) electrons. The molecule has 5 N–H and O–H groups in total. The molecule has 2 aliphatic rings. The molecule has 1 aliphatic heterocycles. The SMILES string of the molecule is Cc1cc2c(c(C)c1CCO[C@H]1O[C@@H](CO)[C@H](O)[C@H](O)[C@H]1O)C(=O)[C@](C)(CO)C2. The van der Waals surface area contributed by atoms with Gasteiger partial charge in [-0.1, -0.05) is 6.07 Å². The lowest BCUT2D eigenvalue weighted by Gasteiger charge is -2.39. The molecule has 0 spiro atoms. The molecule has 8 nitrogen and oxygen atoms in total. The van der Waals surface area contributed by atoms with Crippen molar-refractivity contribution >= 4 is 5.78 Å². The van der Waals surface area contributed by atoms with Gasteiger partial charge in [0.25, 0.3) is 0 Å². The number of hydrogen-bond donors (Lipinski definition) is 5. The van der Waals surface area contributed by atoms with Crippen molar-refractivity contribution in [3.63, 3.8) is 0 Å². The second kappa shape index (κ2) is 8.39. The quantitative estimate of drug-likeness (QED) is 0.419. The topological polar surface area (TPSA) is 137 Å². The molecule has 8 heteroatoms. The summed E-state index contributed by atoms with van der Waals surface area (Å²) in [7, 11) is 0. The van der Waals surface area contributed by atoms with E-state index < -0.39 is 42.7 Å². The number of rotatable bonds is 6. The third-order valence-electron chi connectivity index (χ3n) is 6.20. The lowest BCUT2D eigenvalue weighted by Crippen LogP contribution is -2.59. The second-order valence-electron chi connectivity index (χ2n) is 8.37. The molecule has 6 atom stereocenters. The second-order valence-corrected chi connectivity index (χ2v) is 8.37. The number of carbonyl (C=O) groups excluding carboxylic acids is 1. The molecule has 0 bridgehead atoms. The van der Waals surface area contributed by atoms with E-state index in [2.05, 4.69) is 0 Å². The molecule has 3 rings (SSSR count). The lowest BCUT2D eigenvalue weighted by molar-refractivity contribution is -0.300. The summed E-state index contributed by atoms with van der Waals surface area (Å²) in [5.41, 5.74) is 3.64. The molecule has 0 unspecified atom stereocenters. The molecule has 1 aromatic rings. The summed E-state index contributed by atoms with van der Waals surface area (Å²) in [5, 5.41) is 48.7. The van der Waals surface area contributed by atoms with Gasteiger partial charge in [-0.15, -0.1) is 0 Å². The number of fused-ring (bicyclic) bond motifs is 1. The Hall–Kier alpha value is -1.39. The highest BCUT2D eigenvalue weighted by atomic mass is 16.7. The average molecular weight is 410 g/mol. The van der Waals surface area contributed by atoms with Crippen LogP contribution in [0.4, 0.5) is 0 Å². The number of carbonyl (C=O) groups is 1. The van der Waals surface area contributed by atoms with Crippen LogP contribution in [-0.4, -0.2) is 81.8 Å². The number of benzene rings is 1. The number of Topliss-reactive ketones (excluding diaryl/α,β-unsaturated/α-hetero) is 1. The minimum atomic E-state index is -1.48. The minimum absolute atomic E-state index is 0.0522. The molecule has 1 fully saturated rings. The van der Waals surface area contributed by atoms with E-state index in [4.69, 9.17) is 9.47 Å². The minimum Gasteiger partial charge on any atom is -0.395 e. The van der Waals surface area contributed by atoms with E-state index in [9.17, 15) is 30.3 Å². The summed E-state index contributed by atoms with van der Waals surface area (Å²) in [4.78, 5) is 12.8. The fourth-order valence-corrected chi connectivity index (χ4v) is 4.36. The van der Waals surface area contributed by atoms with Gasteiger partial charge < -0.3 is 35.0 Å². The van der Waals surface area contributed by atoms with Crippen molar-refractivity contribution in [2.75, 3.05) is 19.8 Å². The van der Waals surface area contributed by atoms with Gasteiger partial charge in [0.1, 0.15) is 24.4 Å². The molecular weight excluding hydrogens is 380 g/mol. The number of aliphatic hydroxyl groups excluding tert-OH is 5. The van der Waals surface area contributed by atoms with Crippen molar-refractivity contribution in [1.82, 2.24) is 0 Å². The number of ketones is 1. The van der Waals surface area contributed by atoms with Crippen LogP contribution in [0.15, 0.2) is 6.07 Å². The van der Waals surface area contributed by atoms with E-state index >= 15 is 0 Å². The molecule has 0 aromatic heterocycles. The zero-order valence-corrected chi connectivity index (χ0v) is 17.0. The van der Waals surface area contributed by atoms with Gasteiger partial charge in [-0.05, 0) is 55.9 Å². The van der Waals surface area contributed by atoms with Crippen LogP contribution in [0.2, 0.25) is 0 Å². The van der Waals surface area contributed by atoms with Crippen molar-refractivity contribution in [1.29, 1.82) is 0 Å².